The summed E-state index contributed by atoms with van der Waals surface area (Å²) in [5, 5.41) is 34.2. The molecule has 0 bridgehead atoms. The van der Waals surface area contributed by atoms with Crippen molar-refractivity contribution in [3.8, 4) is 0 Å². The number of hydrogen-bond acceptors (Lipinski definition) is 16. The maximum Gasteiger partial charge on any atom is 0.225 e. The van der Waals surface area contributed by atoms with E-state index in [1.807, 2.05) is 56.3 Å². The van der Waals surface area contributed by atoms with Gasteiger partial charge in [-0.2, -0.15) is 9.36 Å². The van der Waals surface area contributed by atoms with Crippen LogP contribution in [-0.4, -0.2) is 77.9 Å². The molecule has 19 nitrogen and oxygen atoms in total. The minimum atomic E-state index is -0.0426. The van der Waals surface area contributed by atoms with E-state index in [2.05, 4.69) is 73.5 Å². The number of pyridine rings is 4. The van der Waals surface area contributed by atoms with Crippen molar-refractivity contribution in [3.63, 3.8) is 0 Å². The van der Waals surface area contributed by atoms with Gasteiger partial charge in [0.25, 0.3) is 0 Å². The van der Waals surface area contributed by atoms with E-state index in [9.17, 15) is 4.79 Å². The molecular formula is C36H42N16O3. The van der Waals surface area contributed by atoms with Crippen molar-refractivity contribution in [1.82, 2.24) is 60.4 Å². The number of aromatic nitrogens is 12. The predicted octanol–water partition coefficient (Wildman–Crippen LogP) is 4.11. The van der Waals surface area contributed by atoms with Crippen molar-refractivity contribution in [2.75, 3.05) is 11.1 Å². The zero-order valence-electron chi connectivity index (χ0n) is 31.2. The van der Waals surface area contributed by atoms with Crippen LogP contribution in [0.15, 0.2) is 83.1 Å². The number of amides is 1. The van der Waals surface area contributed by atoms with Crippen molar-refractivity contribution in [2.24, 2.45) is 10.3 Å². The van der Waals surface area contributed by atoms with Gasteiger partial charge in [-0.25, -0.2) is 19.9 Å². The fourth-order valence-corrected chi connectivity index (χ4v) is 4.85. The first-order valence-corrected chi connectivity index (χ1v) is 17.5. The number of hydrogen-bond donors (Lipinski definition) is 2. The minimum Gasteiger partial charge on any atom is -0.387 e. The fraction of sp³-hybridized carbons (Fsp3) is 0.306. The number of nitrogen functional groups attached to an aromatic ring is 1. The molecule has 6 rings (SSSR count). The van der Waals surface area contributed by atoms with Gasteiger partial charge < -0.3 is 20.7 Å². The number of nitrogens with one attached hydrogen (secondary N) is 1. The lowest BCUT2D eigenvalue weighted by molar-refractivity contribution is -0.116. The van der Waals surface area contributed by atoms with Crippen molar-refractivity contribution >= 4 is 29.2 Å². The normalized spacial score (nSPS) is 11.4. The fourth-order valence-electron chi connectivity index (χ4n) is 4.85. The summed E-state index contributed by atoms with van der Waals surface area (Å²) in [5.74, 6) is 2.76. The molecule has 6 heterocycles. The summed E-state index contributed by atoms with van der Waals surface area (Å²) in [5.41, 5.74) is 9.81. The summed E-state index contributed by atoms with van der Waals surface area (Å²) >= 11 is 0. The maximum atomic E-state index is 12.0. The van der Waals surface area contributed by atoms with Crippen molar-refractivity contribution in [3.05, 3.63) is 119 Å². The van der Waals surface area contributed by atoms with Gasteiger partial charge in [0.1, 0.15) is 23.0 Å². The van der Waals surface area contributed by atoms with Gasteiger partial charge in [-0.3, -0.25) is 4.79 Å². The largest absolute Gasteiger partial charge is 0.387 e. The van der Waals surface area contributed by atoms with E-state index in [0.717, 1.165) is 30.7 Å². The van der Waals surface area contributed by atoms with Gasteiger partial charge in [0.15, 0.2) is 24.9 Å². The Bertz CT molecular complexity index is 2230. The number of oxime groups is 2. The zero-order valence-corrected chi connectivity index (χ0v) is 31.2. The first-order valence-electron chi connectivity index (χ1n) is 17.5. The van der Waals surface area contributed by atoms with Crippen LogP contribution >= 0.6 is 0 Å². The van der Waals surface area contributed by atoms with E-state index in [1.54, 1.807) is 44.2 Å². The molecule has 0 fully saturated rings. The maximum absolute atomic E-state index is 12.0. The van der Waals surface area contributed by atoms with Crippen LogP contribution in [0.4, 0.5) is 11.6 Å². The lowest BCUT2D eigenvalue weighted by atomic mass is 10.2. The second-order valence-corrected chi connectivity index (χ2v) is 12.1. The zero-order chi connectivity index (χ0) is 39.0. The molecule has 1 amide bonds. The highest BCUT2D eigenvalue weighted by molar-refractivity contribution is 5.98. The van der Waals surface area contributed by atoms with Gasteiger partial charge in [0, 0.05) is 17.8 Å². The third kappa shape index (κ3) is 11.7. The average Bonchev–Trinajstić information content (AvgIpc) is 3.79. The van der Waals surface area contributed by atoms with Gasteiger partial charge >= 0.3 is 0 Å². The van der Waals surface area contributed by atoms with Gasteiger partial charge in [-0.1, -0.05) is 54.3 Å². The molecule has 0 unspecified atom stereocenters. The smallest absolute Gasteiger partial charge is 0.225 e. The number of carbonyl (C=O) groups is 1. The van der Waals surface area contributed by atoms with E-state index < -0.39 is 0 Å². The third-order valence-electron chi connectivity index (χ3n) is 7.52. The Balaban J connectivity index is 0.000000218. The summed E-state index contributed by atoms with van der Waals surface area (Å²) in [4.78, 5) is 40.5. The van der Waals surface area contributed by atoms with Crippen LogP contribution in [0.2, 0.25) is 0 Å². The molecule has 6 aromatic heterocycles. The number of anilines is 2. The first kappa shape index (κ1) is 39.2. The van der Waals surface area contributed by atoms with Crippen molar-refractivity contribution in [2.45, 2.75) is 73.5 Å². The Morgan fingerprint density at radius 1 is 0.691 bits per heavy atom. The topological polar surface area (TPSA) is 237 Å². The van der Waals surface area contributed by atoms with Crippen LogP contribution in [0.3, 0.4) is 0 Å². The monoisotopic (exact) mass is 746 g/mol. The Morgan fingerprint density at radius 2 is 1.22 bits per heavy atom. The average molecular weight is 747 g/mol. The van der Waals surface area contributed by atoms with E-state index in [-0.39, 0.29) is 19.1 Å². The number of unbranched alkanes of at least 4 members (excludes halogenated alkanes) is 2. The standard InChI is InChI=1S/C21H26N8O2.C15H16N8O/c1-4-5-6-13-20(30)24-19-12-8-10-17(23-19)14-31-26-21(29-16(3)25-27-28-29)18-11-7-9-15(2)22-18;1-10-5-3-7-13(17-10)15(23-11(2)19-21-22-23)20-24-9-12-6-4-8-14(16)18-12/h7-12H,4-6,13-14H2,1-3H3,(H,23,24,30);3-8H,9H2,1-2H3,(H2,16,18)/b26-21+;20-15+. The molecule has 3 N–H and O–H groups in total. The molecule has 0 aliphatic rings. The molecule has 6 aromatic rings. The van der Waals surface area contributed by atoms with Crippen LogP contribution in [0, 0.1) is 27.7 Å². The predicted molar refractivity (Wildman–Crippen MR) is 202 cm³/mol. The van der Waals surface area contributed by atoms with Gasteiger partial charge in [-0.05, 0) is 104 Å². The summed E-state index contributed by atoms with van der Waals surface area (Å²) in [6.07, 6.45) is 3.46. The van der Waals surface area contributed by atoms with Gasteiger partial charge in [0.05, 0.1) is 11.4 Å². The molecule has 0 saturated carbocycles. The molecule has 0 saturated heterocycles. The van der Waals surface area contributed by atoms with Crippen LogP contribution in [-0.2, 0) is 27.7 Å². The van der Waals surface area contributed by atoms with Gasteiger partial charge in [0.2, 0.25) is 17.6 Å². The SMILES string of the molecule is CCCCCC(=O)Nc1cccc(CO/N=C(\c2cccc(C)n2)n2nnnc2C)n1.Cc1cccc(/C(=N\OCc2cccc(N)n2)n2nnnc2C)n1. The highest BCUT2D eigenvalue weighted by Gasteiger charge is 2.16. The van der Waals surface area contributed by atoms with Crippen LogP contribution in [0.25, 0.3) is 0 Å². The van der Waals surface area contributed by atoms with Crippen LogP contribution in [0.1, 0.15) is 78.4 Å². The van der Waals surface area contributed by atoms with Crippen molar-refractivity contribution < 1.29 is 14.5 Å². The quantitative estimate of drug-likeness (QED) is 0.0732. The number of tetrazole rings is 2. The molecule has 55 heavy (non-hydrogen) atoms. The summed E-state index contributed by atoms with van der Waals surface area (Å²) < 4.78 is 2.93. The lowest BCUT2D eigenvalue weighted by Gasteiger charge is -2.08. The number of carbonyl (C=O) groups excluding carboxylic acids is 1. The summed E-state index contributed by atoms with van der Waals surface area (Å²) in [7, 11) is 0. The number of nitrogens with zero attached hydrogens (tertiary/aromatic N) is 14. The summed E-state index contributed by atoms with van der Waals surface area (Å²) in [6, 6.07) is 21.8. The Morgan fingerprint density at radius 3 is 1.71 bits per heavy atom. The molecule has 0 radical (unpaired) electrons. The van der Waals surface area contributed by atoms with E-state index >= 15 is 0 Å². The second kappa shape index (κ2) is 19.7. The molecule has 0 atom stereocenters. The minimum absolute atomic E-state index is 0.0426. The Kier molecular flexibility index (Phi) is 14.0. The molecule has 284 valence electrons. The second-order valence-electron chi connectivity index (χ2n) is 12.1. The summed E-state index contributed by atoms with van der Waals surface area (Å²) in [6.45, 7) is 9.69. The van der Waals surface area contributed by atoms with Gasteiger partial charge in [-0.15, -0.1) is 10.2 Å². The van der Waals surface area contributed by atoms with E-state index in [0.29, 0.717) is 64.2 Å². The highest BCUT2D eigenvalue weighted by atomic mass is 16.6. The molecule has 0 spiro atoms. The van der Waals surface area contributed by atoms with Crippen LogP contribution < -0.4 is 11.1 Å². The molecule has 19 heteroatoms. The third-order valence-corrected chi connectivity index (χ3v) is 7.52. The highest BCUT2D eigenvalue weighted by Crippen LogP contribution is 2.11. The van der Waals surface area contributed by atoms with Crippen LogP contribution in [0.5, 0.6) is 0 Å². The van der Waals surface area contributed by atoms with E-state index in [4.69, 9.17) is 15.4 Å². The lowest BCUT2D eigenvalue weighted by Crippen LogP contribution is -2.19. The molecule has 0 aliphatic carbocycles. The first-order chi connectivity index (χ1) is 26.7. The Hall–Kier alpha value is -7.05. The number of nitrogens with two attached hydrogens (primary N) is 1. The van der Waals surface area contributed by atoms with Crippen molar-refractivity contribution in [1.29, 1.82) is 0 Å². The molecular weight excluding hydrogens is 705 g/mol. The molecule has 0 aliphatic heterocycles. The molecule has 0 aromatic carbocycles. The number of aryl methyl sites for hydroxylation is 4. The van der Waals surface area contributed by atoms with E-state index in [1.165, 1.54) is 9.36 Å². The Labute approximate surface area is 317 Å². The number of rotatable bonds is 13.